The molecule has 1 aromatic carbocycles. The molecule has 0 aliphatic heterocycles. The molecule has 4 heteroatoms. The van der Waals surface area contributed by atoms with Crippen molar-refractivity contribution in [3.8, 4) is 5.75 Å². The van der Waals surface area contributed by atoms with Crippen LogP contribution in [-0.2, 0) is 4.79 Å². The second-order valence-corrected chi connectivity index (χ2v) is 4.28. The molecule has 0 saturated heterocycles. The minimum atomic E-state index is -1.77. The molecular weight excluding hydrogens is 232 g/mol. The van der Waals surface area contributed by atoms with E-state index in [0.29, 0.717) is 17.9 Å². The van der Waals surface area contributed by atoms with Crippen molar-refractivity contribution in [2.24, 2.45) is 0 Å². The van der Waals surface area contributed by atoms with Crippen molar-refractivity contribution in [2.45, 2.75) is 38.7 Å². The van der Waals surface area contributed by atoms with Gasteiger partial charge in [-0.15, -0.1) is 0 Å². The summed E-state index contributed by atoms with van der Waals surface area (Å²) in [6.45, 7) is 5.73. The van der Waals surface area contributed by atoms with Crippen LogP contribution >= 0.6 is 0 Å². The van der Waals surface area contributed by atoms with Crippen LogP contribution in [0.5, 0.6) is 5.75 Å². The highest BCUT2D eigenvalue weighted by atomic mass is 16.5. The quantitative estimate of drug-likeness (QED) is 0.816. The molecule has 0 fully saturated rings. The van der Waals surface area contributed by atoms with E-state index in [1.165, 1.54) is 0 Å². The molecule has 0 aromatic heterocycles. The van der Waals surface area contributed by atoms with Crippen LogP contribution in [0.3, 0.4) is 0 Å². The molecule has 0 saturated carbocycles. The summed E-state index contributed by atoms with van der Waals surface area (Å²) in [5.74, 6) is -1.12. The van der Waals surface area contributed by atoms with Gasteiger partial charge in [0.15, 0.2) is 5.60 Å². The zero-order valence-electron chi connectivity index (χ0n) is 11.0. The zero-order valence-corrected chi connectivity index (χ0v) is 11.0. The maximum Gasteiger partial charge on any atom is 0.336 e. The Labute approximate surface area is 107 Å². The second kappa shape index (κ2) is 5.87. The molecule has 2 unspecified atom stereocenters. The first-order valence-corrected chi connectivity index (χ1v) is 6.14. The number of hydrogen-bond donors (Lipinski definition) is 2. The lowest BCUT2D eigenvalue weighted by molar-refractivity contribution is -0.161. The molecule has 0 heterocycles. The predicted molar refractivity (Wildman–Crippen MR) is 68.9 cm³/mol. The third kappa shape index (κ3) is 2.64. The van der Waals surface area contributed by atoms with E-state index in [4.69, 9.17) is 4.74 Å². The molecule has 2 N–H and O–H groups in total. The second-order valence-electron chi connectivity index (χ2n) is 4.28. The number of aliphatic carboxylic acids is 1. The monoisotopic (exact) mass is 252 g/mol. The van der Waals surface area contributed by atoms with E-state index in [-0.39, 0.29) is 6.42 Å². The maximum absolute atomic E-state index is 11.2. The molecule has 1 aromatic rings. The molecule has 0 spiro atoms. The Balaban J connectivity index is 3.16. The average Bonchev–Trinajstić information content (AvgIpc) is 2.37. The van der Waals surface area contributed by atoms with Gasteiger partial charge in [-0.3, -0.25) is 0 Å². The molecule has 0 aliphatic carbocycles. The Hall–Kier alpha value is -1.55. The fourth-order valence-electron chi connectivity index (χ4n) is 2.03. The molecule has 0 radical (unpaired) electrons. The Morgan fingerprint density at radius 1 is 1.39 bits per heavy atom. The number of hydrogen-bond acceptors (Lipinski definition) is 3. The van der Waals surface area contributed by atoms with E-state index in [1.54, 1.807) is 26.0 Å². The first-order valence-electron chi connectivity index (χ1n) is 6.14. The molecule has 0 bridgehead atoms. The number of para-hydroxylation sites is 1. The van der Waals surface area contributed by atoms with Crippen molar-refractivity contribution in [3.05, 3.63) is 29.8 Å². The van der Waals surface area contributed by atoms with E-state index >= 15 is 0 Å². The number of carbonyl (C=O) groups is 1. The van der Waals surface area contributed by atoms with Crippen molar-refractivity contribution in [1.82, 2.24) is 0 Å². The molecule has 0 aliphatic rings. The van der Waals surface area contributed by atoms with Crippen LogP contribution in [0.1, 0.15) is 38.7 Å². The fraction of sp³-hybridized carbons (Fsp3) is 0.500. The average molecular weight is 252 g/mol. The summed E-state index contributed by atoms with van der Waals surface area (Å²) in [5, 5.41) is 19.5. The summed E-state index contributed by atoms with van der Waals surface area (Å²) in [6.07, 6.45) is 0.143. The molecule has 0 amide bonds. The fourth-order valence-corrected chi connectivity index (χ4v) is 2.03. The van der Waals surface area contributed by atoms with Crippen molar-refractivity contribution >= 4 is 5.97 Å². The van der Waals surface area contributed by atoms with Crippen LogP contribution < -0.4 is 4.74 Å². The van der Waals surface area contributed by atoms with Crippen LogP contribution in [0, 0.1) is 0 Å². The van der Waals surface area contributed by atoms with Crippen LogP contribution in [0.4, 0.5) is 0 Å². The number of ether oxygens (including phenoxy) is 1. The van der Waals surface area contributed by atoms with E-state index in [1.807, 2.05) is 19.1 Å². The van der Waals surface area contributed by atoms with Crippen LogP contribution in [0.15, 0.2) is 24.3 Å². The minimum Gasteiger partial charge on any atom is -0.494 e. The summed E-state index contributed by atoms with van der Waals surface area (Å²) in [6, 6.07) is 7.21. The van der Waals surface area contributed by atoms with Gasteiger partial charge in [0.25, 0.3) is 0 Å². The van der Waals surface area contributed by atoms with Crippen molar-refractivity contribution < 1.29 is 19.7 Å². The van der Waals surface area contributed by atoms with Gasteiger partial charge in [0, 0.05) is 11.5 Å². The van der Waals surface area contributed by atoms with Crippen molar-refractivity contribution in [3.63, 3.8) is 0 Å². The van der Waals surface area contributed by atoms with Crippen LogP contribution in [-0.4, -0.2) is 28.4 Å². The van der Waals surface area contributed by atoms with Gasteiger partial charge in [0.2, 0.25) is 0 Å². The summed E-state index contributed by atoms with van der Waals surface area (Å²) in [5.41, 5.74) is -1.06. The first kappa shape index (κ1) is 14.5. The molecule has 1 rings (SSSR count). The minimum absolute atomic E-state index is 0.143. The number of aliphatic hydroxyl groups is 1. The molecule has 18 heavy (non-hydrogen) atoms. The van der Waals surface area contributed by atoms with Crippen molar-refractivity contribution in [1.29, 1.82) is 0 Å². The van der Waals surface area contributed by atoms with Gasteiger partial charge < -0.3 is 14.9 Å². The van der Waals surface area contributed by atoms with Crippen molar-refractivity contribution in [2.75, 3.05) is 6.61 Å². The number of carboxylic acid groups (broad SMARTS) is 1. The van der Waals surface area contributed by atoms with E-state index < -0.39 is 17.5 Å². The highest BCUT2D eigenvalue weighted by Gasteiger charge is 2.41. The standard InChI is InChI=1S/C14H20O4/c1-4-14(17,13(15)16)10(3)11-8-6-7-9-12(11)18-5-2/h6-10,17H,4-5H2,1-3H3,(H,15,16). The largest absolute Gasteiger partial charge is 0.494 e. The lowest BCUT2D eigenvalue weighted by atomic mass is 9.81. The maximum atomic E-state index is 11.2. The third-order valence-corrected chi connectivity index (χ3v) is 3.31. The van der Waals surface area contributed by atoms with Gasteiger partial charge in [0.1, 0.15) is 5.75 Å². The Kier molecular flexibility index (Phi) is 4.73. The zero-order chi connectivity index (χ0) is 13.8. The molecule has 100 valence electrons. The highest BCUT2D eigenvalue weighted by molar-refractivity contribution is 5.78. The Bertz CT molecular complexity index is 416. The van der Waals surface area contributed by atoms with E-state index in [2.05, 4.69) is 0 Å². The summed E-state index contributed by atoms with van der Waals surface area (Å²) in [7, 11) is 0. The van der Waals surface area contributed by atoms with E-state index in [0.717, 1.165) is 0 Å². The SMILES string of the molecule is CCOc1ccccc1C(C)C(O)(CC)C(=O)O. The highest BCUT2D eigenvalue weighted by Crippen LogP contribution is 2.36. The molecular formula is C14H20O4. The third-order valence-electron chi connectivity index (χ3n) is 3.31. The number of carboxylic acids is 1. The topological polar surface area (TPSA) is 66.8 Å². The van der Waals surface area contributed by atoms with Gasteiger partial charge in [0.05, 0.1) is 6.61 Å². The van der Waals surface area contributed by atoms with Gasteiger partial charge in [-0.05, 0) is 19.4 Å². The van der Waals surface area contributed by atoms with Gasteiger partial charge >= 0.3 is 5.97 Å². The molecule has 2 atom stereocenters. The Morgan fingerprint density at radius 3 is 2.50 bits per heavy atom. The van der Waals surface area contributed by atoms with E-state index in [9.17, 15) is 15.0 Å². The lowest BCUT2D eigenvalue weighted by Gasteiger charge is -2.30. The van der Waals surface area contributed by atoms with Gasteiger partial charge in [-0.2, -0.15) is 0 Å². The van der Waals surface area contributed by atoms with Gasteiger partial charge in [-0.25, -0.2) is 4.79 Å². The number of benzene rings is 1. The molecule has 4 nitrogen and oxygen atoms in total. The van der Waals surface area contributed by atoms with Crippen LogP contribution in [0.25, 0.3) is 0 Å². The smallest absolute Gasteiger partial charge is 0.336 e. The lowest BCUT2D eigenvalue weighted by Crippen LogP contribution is -2.43. The van der Waals surface area contributed by atoms with Crippen LogP contribution in [0.2, 0.25) is 0 Å². The normalized spacial score (nSPS) is 15.8. The van der Waals surface area contributed by atoms with Gasteiger partial charge in [-0.1, -0.05) is 32.0 Å². The summed E-state index contributed by atoms with van der Waals surface area (Å²) >= 11 is 0. The summed E-state index contributed by atoms with van der Waals surface area (Å²) in [4.78, 5) is 11.2. The first-order chi connectivity index (χ1) is 8.47. The predicted octanol–water partition coefficient (Wildman–Crippen LogP) is 2.41. The Morgan fingerprint density at radius 2 is 2.00 bits per heavy atom. The number of rotatable bonds is 6. The summed E-state index contributed by atoms with van der Waals surface area (Å²) < 4.78 is 5.47.